The Morgan fingerprint density at radius 1 is 1.20 bits per heavy atom. The van der Waals surface area contributed by atoms with E-state index < -0.39 is 0 Å². The van der Waals surface area contributed by atoms with Crippen LogP contribution in [0.5, 0.6) is 11.6 Å². The molecule has 0 spiro atoms. The minimum Gasteiger partial charge on any atom is -0.439 e. The summed E-state index contributed by atoms with van der Waals surface area (Å²) in [7, 11) is 0. The minimum absolute atomic E-state index is 0.610. The number of aromatic nitrogens is 1. The number of aryl methyl sites for hydroxylation is 1. The lowest BCUT2D eigenvalue weighted by atomic mass is 10.2. The first-order valence-corrected chi connectivity index (χ1v) is 5.40. The van der Waals surface area contributed by atoms with Crippen molar-refractivity contribution >= 4 is 15.9 Å². The summed E-state index contributed by atoms with van der Waals surface area (Å²) in [5.74, 6) is 1.41. The Kier molecular flexibility index (Phi) is 3.02. The quantitative estimate of drug-likeness (QED) is 0.819. The normalized spacial score (nSPS) is 10.0. The van der Waals surface area contributed by atoms with Crippen LogP contribution in [-0.4, -0.2) is 4.98 Å². The molecular formula is C12H10BrNO. The van der Waals surface area contributed by atoms with E-state index in [9.17, 15) is 0 Å². The first kappa shape index (κ1) is 10.2. The van der Waals surface area contributed by atoms with Gasteiger partial charge >= 0.3 is 0 Å². The van der Waals surface area contributed by atoms with E-state index in [1.807, 2.05) is 43.3 Å². The molecule has 2 rings (SSSR count). The van der Waals surface area contributed by atoms with E-state index in [1.54, 1.807) is 6.20 Å². The summed E-state index contributed by atoms with van der Waals surface area (Å²) in [6.07, 6.45) is 1.71. The largest absolute Gasteiger partial charge is 0.439 e. The first-order valence-electron chi connectivity index (χ1n) is 4.61. The summed E-state index contributed by atoms with van der Waals surface area (Å²) in [5, 5.41) is 0. The highest BCUT2D eigenvalue weighted by Gasteiger charge is 1.99. The topological polar surface area (TPSA) is 22.1 Å². The van der Waals surface area contributed by atoms with Crippen molar-refractivity contribution in [3.8, 4) is 11.6 Å². The summed E-state index contributed by atoms with van der Waals surface area (Å²) in [6, 6.07) is 11.4. The van der Waals surface area contributed by atoms with Gasteiger partial charge in [0, 0.05) is 16.7 Å². The zero-order valence-corrected chi connectivity index (χ0v) is 9.86. The average molecular weight is 264 g/mol. The maximum Gasteiger partial charge on any atom is 0.219 e. The van der Waals surface area contributed by atoms with E-state index in [2.05, 4.69) is 20.9 Å². The molecule has 3 heteroatoms. The van der Waals surface area contributed by atoms with Crippen molar-refractivity contribution < 1.29 is 4.74 Å². The first-order chi connectivity index (χ1) is 7.25. The second-order valence-electron chi connectivity index (χ2n) is 3.18. The third kappa shape index (κ3) is 2.57. The van der Waals surface area contributed by atoms with Gasteiger partial charge in [0.1, 0.15) is 5.75 Å². The van der Waals surface area contributed by atoms with Crippen molar-refractivity contribution in [3.63, 3.8) is 0 Å². The number of hydrogen-bond acceptors (Lipinski definition) is 2. The molecule has 0 unspecified atom stereocenters. The van der Waals surface area contributed by atoms with Crippen LogP contribution in [0.3, 0.4) is 0 Å². The molecular weight excluding hydrogens is 254 g/mol. The van der Waals surface area contributed by atoms with Gasteiger partial charge in [0.25, 0.3) is 0 Å². The third-order valence-electron chi connectivity index (χ3n) is 1.99. The fourth-order valence-corrected chi connectivity index (χ4v) is 1.46. The lowest BCUT2D eigenvalue weighted by Crippen LogP contribution is -1.87. The zero-order valence-electron chi connectivity index (χ0n) is 8.27. The van der Waals surface area contributed by atoms with Gasteiger partial charge in [-0.1, -0.05) is 22.0 Å². The predicted octanol–water partition coefficient (Wildman–Crippen LogP) is 3.94. The molecule has 2 aromatic rings. The Balaban J connectivity index is 2.22. The predicted molar refractivity (Wildman–Crippen MR) is 63.2 cm³/mol. The van der Waals surface area contributed by atoms with Crippen molar-refractivity contribution in [1.29, 1.82) is 0 Å². The summed E-state index contributed by atoms with van der Waals surface area (Å²) < 4.78 is 6.66. The van der Waals surface area contributed by atoms with Gasteiger partial charge in [-0.15, -0.1) is 0 Å². The Hall–Kier alpha value is -1.35. The van der Waals surface area contributed by atoms with Crippen LogP contribution in [0.1, 0.15) is 5.56 Å². The molecule has 0 bridgehead atoms. The molecule has 0 aliphatic carbocycles. The Morgan fingerprint density at radius 3 is 2.73 bits per heavy atom. The van der Waals surface area contributed by atoms with Gasteiger partial charge < -0.3 is 4.74 Å². The fraction of sp³-hybridized carbons (Fsp3) is 0.0833. The van der Waals surface area contributed by atoms with Crippen LogP contribution in [0, 0.1) is 6.92 Å². The van der Waals surface area contributed by atoms with Crippen molar-refractivity contribution in [2.75, 3.05) is 0 Å². The van der Waals surface area contributed by atoms with Gasteiger partial charge in [-0.2, -0.15) is 0 Å². The smallest absolute Gasteiger partial charge is 0.219 e. The van der Waals surface area contributed by atoms with Gasteiger partial charge in [-0.05, 0) is 36.8 Å². The van der Waals surface area contributed by atoms with E-state index in [-0.39, 0.29) is 0 Å². The van der Waals surface area contributed by atoms with Crippen LogP contribution in [0.25, 0.3) is 0 Å². The maximum atomic E-state index is 5.58. The van der Waals surface area contributed by atoms with Crippen molar-refractivity contribution in [1.82, 2.24) is 4.98 Å². The molecule has 0 amide bonds. The minimum atomic E-state index is 0.610. The van der Waals surface area contributed by atoms with Crippen LogP contribution in [-0.2, 0) is 0 Å². The average Bonchev–Trinajstić information content (AvgIpc) is 2.25. The number of halogens is 1. The summed E-state index contributed by atoms with van der Waals surface area (Å²) >= 11 is 3.44. The monoisotopic (exact) mass is 263 g/mol. The number of benzene rings is 1. The Labute approximate surface area is 97.1 Å². The van der Waals surface area contributed by atoms with Crippen molar-refractivity contribution in [2.24, 2.45) is 0 Å². The zero-order chi connectivity index (χ0) is 10.7. The molecule has 76 valence electrons. The van der Waals surface area contributed by atoms with Crippen LogP contribution in [0.15, 0.2) is 47.1 Å². The highest BCUT2D eigenvalue weighted by molar-refractivity contribution is 9.10. The molecule has 0 saturated carbocycles. The van der Waals surface area contributed by atoms with E-state index in [0.717, 1.165) is 15.8 Å². The molecule has 1 aromatic heterocycles. The molecule has 0 fully saturated rings. The molecule has 0 atom stereocenters. The fourth-order valence-electron chi connectivity index (χ4n) is 1.21. The lowest BCUT2D eigenvalue weighted by molar-refractivity contribution is 0.462. The van der Waals surface area contributed by atoms with Crippen LogP contribution < -0.4 is 4.74 Å². The van der Waals surface area contributed by atoms with E-state index in [0.29, 0.717) is 5.88 Å². The van der Waals surface area contributed by atoms with Crippen LogP contribution in [0.4, 0.5) is 0 Å². The summed E-state index contributed by atoms with van der Waals surface area (Å²) in [6.45, 7) is 2.02. The Morgan fingerprint density at radius 2 is 2.07 bits per heavy atom. The Bertz CT molecular complexity index is 456. The molecule has 0 saturated heterocycles. The third-order valence-corrected chi connectivity index (χ3v) is 2.88. The molecule has 0 N–H and O–H groups in total. The van der Waals surface area contributed by atoms with E-state index in [4.69, 9.17) is 4.74 Å². The number of ether oxygens (including phenoxy) is 1. The summed E-state index contributed by atoms with van der Waals surface area (Å²) in [5.41, 5.74) is 1.14. The summed E-state index contributed by atoms with van der Waals surface area (Å²) in [4.78, 5) is 4.09. The molecule has 0 aliphatic heterocycles. The highest BCUT2D eigenvalue weighted by Crippen LogP contribution is 2.24. The van der Waals surface area contributed by atoms with Gasteiger partial charge in [0.15, 0.2) is 0 Å². The van der Waals surface area contributed by atoms with Crippen LogP contribution in [0.2, 0.25) is 0 Å². The SMILES string of the molecule is Cc1cc(Oc2ccccn2)ccc1Br. The second-order valence-corrected chi connectivity index (χ2v) is 4.04. The van der Waals surface area contributed by atoms with E-state index in [1.165, 1.54) is 0 Å². The van der Waals surface area contributed by atoms with Crippen molar-refractivity contribution in [2.45, 2.75) is 6.92 Å². The standard InChI is InChI=1S/C12H10BrNO/c1-9-8-10(5-6-11(9)13)15-12-4-2-3-7-14-12/h2-8H,1H3. The number of hydrogen-bond donors (Lipinski definition) is 0. The number of pyridine rings is 1. The van der Waals surface area contributed by atoms with E-state index >= 15 is 0 Å². The van der Waals surface area contributed by atoms with Gasteiger partial charge in [-0.3, -0.25) is 0 Å². The van der Waals surface area contributed by atoms with Gasteiger partial charge in [0.2, 0.25) is 5.88 Å². The molecule has 0 aliphatic rings. The van der Waals surface area contributed by atoms with Crippen molar-refractivity contribution in [3.05, 3.63) is 52.6 Å². The highest BCUT2D eigenvalue weighted by atomic mass is 79.9. The molecule has 2 nitrogen and oxygen atoms in total. The molecule has 1 heterocycles. The number of nitrogens with zero attached hydrogens (tertiary/aromatic N) is 1. The maximum absolute atomic E-state index is 5.58. The number of rotatable bonds is 2. The lowest BCUT2D eigenvalue weighted by Gasteiger charge is -2.05. The molecule has 0 radical (unpaired) electrons. The second kappa shape index (κ2) is 4.45. The molecule has 1 aromatic carbocycles. The van der Waals surface area contributed by atoms with Crippen LogP contribution >= 0.6 is 15.9 Å². The van der Waals surface area contributed by atoms with Gasteiger partial charge in [-0.25, -0.2) is 4.98 Å². The molecule has 15 heavy (non-hydrogen) atoms. The van der Waals surface area contributed by atoms with Gasteiger partial charge in [0.05, 0.1) is 0 Å².